The molecule has 1 aromatic rings. The maximum Gasteiger partial charge on any atom is 0.138 e. The van der Waals surface area contributed by atoms with Crippen molar-refractivity contribution in [3.05, 3.63) is 28.3 Å². The summed E-state index contributed by atoms with van der Waals surface area (Å²) in [5, 5.41) is 0.671. The van der Waals surface area contributed by atoms with E-state index < -0.39 is 0 Å². The van der Waals surface area contributed by atoms with Gasteiger partial charge in [0.25, 0.3) is 0 Å². The number of carbonyl (C=O) groups excluding carboxylic acids is 1. The average Bonchev–Trinajstić information content (AvgIpc) is 2.76. The third-order valence-electron chi connectivity index (χ3n) is 3.36. The Morgan fingerprint density at radius 3 is 3.05 bits per heavy atom. The number of ether oxygens (including phenoxy) is 1. The maximum atomic E-state index is 12.0. The molecule has 0 amide bonds. The molecule has 1 unspecified atom stereocenters. The molecule has 1 heterocycles. The van der Waals surface area contributed by atoms with Crippen molar-refractivity contribution < 1.29 is 9.53 Å². The van der Waals surface area contributed by atoms with Crippen LogP contribution in [0.3, 0.4) is 0 Å². The largest absolute Gasteiger partial charge is 0.493 e. The van der Waals surface area contributed by atoms with Gasteiger partial charge in [-0.3, -0.25) is 4.79 Å². The number of carbonyl (C=O) groups is 1. The van der Waals surface area contributed by atoms with Crippen LogP contribution in [0.1, 0.15) is 37.3 Å². The molecule has 0 saturated heterocycles. The monoisotopic (exact) mass is 281 g/mol. The van der Waals surface area contributed by atoms with Crippen molar-refractivity contribution >= 4 is 17.4 Å². The first-order valence-electron chi connectivity index (χ1n) is 6.81. The predicted molar refractivity (Wildman–Crippen MR) is 76.9 cm³/mol. The lowest BCUT2D eigenvalue weighted by Gasteiger charge is -2.11. The Labute approximate surface area is 119 Å². The molecule has 4 heteroatoms. The van der Waals surface area contributed by atoms with Crippen LogP contribution < -0.4 is 10.5 Å². The number of rotatable bonds is 6. The van der Waals surface area contributed by atoms with E-state index in [2.05, 4.69) is 6.92 Å². The first-order valence-corrected chi connectivity index (χ1v) is 7.19. The summed E-state index contributed by atoms with van der Waals surface area (Å²) < 4.78 is 5.60. The van der Waals surface area contributed by atoms with Crippen LogP contribution in [0.5, 0.6) is 5.75 Å². The van der Waals surface area contributed by atoms with Crippen molar-refractivity contribution in [3.8, 4) is 5.75 Å². The van der Waals surface area contributed by atoms with E-state index in [1.807, 2.05) is 12.1 Å². The van der Waals surface area contributed by atoms with Crippen LogP contribution in [0, 0.1) is 0 Å². The first-order chi connectivity index (χ1) is 9.10. The number of fused-ring (bicyclic) bond motifs is 1. The van der Waals surface area contributed by atoms with E-state index in [9.17, 15) is 4.79 Å². The Hall–Kier alpha value is -1.06. The Kier molecular flexibility index (Phi) is 4.83. The van der Waals surface area contributed by atoms with Gasteiger partial charge < -0.3 is 10.5 Å². The van der Waals surface area contributed by atoms with Gasteiger partial charge in [0.2, 0.25) is 0 Å². The van der Waals surface area contributed by atoms with Crippen LogP contribution in [0.4, 0.5) is 0 Å². The van der Waals surface area contributed by atoms with Crippen molar-refractivity contribution in [1.82, 2.24) is 0 Å². The second-order valence-electron chi connectivity index (χ2n) is 5.12. The number of halogens is 1. The molecule has 0 spiro atoms. The van der Waals surface area contributed by atoms with Gasteiger partial charge in [-0.15, -0.1) is 0 Å². The molecule has 3 nitrogen and oxygen atoms in total. The van der Waals surface area contributed by atoms with Crippen LogP contribution in [0.15, 0.2) is 12.1 Å². The minimum atomic E-state index is -0.0364. The Balaban J connectivity index is 2.05. The third-order valence-corrected chi connectivity index (χ3v) is 3.58. The summed E-state index contributed by atoms with van der Waals surface area (Å²) in [6, 6.07) is 3.71. The van der Waals surface area contributed by atoms with Crippen LogP contribution in [-0.2, 0) is 17.6 Å². The van der Waals surface area contributed by atoms with Crippen LogP contribution >= 0.6 is 11.6 Å². The molecule has 1 aromatic carbocycles. The minimum absolute atomic E-state index is 0.0364. The molecular formula is C15H20ClNO2. The van der Waals surface area contributed by atoms with Crippen LogP contribution in [0.2, 0.25) is 5.02 Å². The Morgan fingerprint density at radius 2 is 2.32 bits per heavy atom. The lowest BCUT2D eigenvalue weighted by molar-refractivity contribution is -0.118. The lowest BCUT2D eigenvalue weighted by Crippen LogP contribution is -2.24. The topological polar surface area (TPSA) is 52.3 Å². The summed E-state index contributed by atoms with van der Waals surface area (Å²) in [7, 11) is 0. The Morgan fingerprint density at radius 1 is 1.53 bits per heavy atom. The highest BCUT2D eigenvalue weighted by Gasteiger charge is 2.20. The highest BCUT2D eigenvalue weighted by molar-refractivity contribution is 6.30. The van der Waals surface area contributed by atoms with E-state index in [1.54, 1.807) is 0 Å². The molecule has 2 N–H and O–H groups in total. The zero-order valence-corrected chi connectivity index (χ0v) is 12.0. The van der Waals surface area contributed by atoms with E-state index in [4.69, 9.17) is 22.1 Å². The summed E-state index contributed by atoms with van der Waals surface area (Å²) in [5.74, 6) is 1.00. The van der Waals surface area contributed by atoms with Gasteiger partial charge in [-0.25, -0.2) is 0 Å². The lowest BCUT2D eigenvalue weighted by atomic mass is 9.99. The number of benzene rings is 1. The van der Waals surface area contributed by atoms with Crippen LogP contribution in [0.25, 0.3) is 0 Å². The van der Waals surface area contributed by atoms with Gasteiger partial charge in [0.1, 0.15) is 11.5 Å². The molecule has 0 bridgehead atoms. The summed E-state index contributed by atoms with van der Waals surface area (Å²) in [6.45, 7) is 2.74. The highest BCUT2D eigenvalue weighted by atomic mass is 35.5. The molecule has 0 fully saturated rings. The van der Waals surface area contributed by atoms with Crippen molar-refractivity contribution in [1.29, 1.82) is 0 Å². The van der Waals surface area contributed by atoms with E-state index in [0.29, 0.717) is 24.5 Å². The van der Waals surface area contributed by atoms with E-state index in [0.717, 1.165) is 36.1 Å². The quantitative estimate of drug-likeness (QED) is 0.872. The summed E-state index contributed by atoms with van der Waals surface area (Å²) in [6.07, 6.45) is 3.54. The van der Waals surface area contributed by atoms with Gasteiger partial charge in [0.05, 0.1) is 6.61 Å². The molecule has 19 heavy (non-hydrogen) atoms. The summed E-state index contributed by atoms with van der Waals surface area (Å²) in [4.78, 5) is 12.0. The van der Waals surface area contributed by atoms with Gasteiger partial charge in [-0.1, -0.05) is 24.9 Å². The van der Waals surface area contributed by atoms with Gasteiger partial charge >= 0.3 is 0 Å². The molecule has 0 radical (unpaired) electrons. The van der Waals surface area contributed by atoms with Gasteiger partial charge in [-0.05, 0) is 24.1 Å². The molecule has 2 rings (SSSR count). The average molecular weight is 282 g/mol. The number of ketones is 1. The van der Waals surface area contributed by atoms with E-state index in [-0.39, 0.29) is 11.8 Å². The van der Waals surface area contributed by atoms with E-state index in [1.165, 1.54) is 0 Å². The van der Waals surface area contributed by atoms with Crippen molar-refractivity contribution in [2.75, 3.05) is 6.61 Å². The second kappa shape index (κ2) is 6.40. The summed E-state index contributed by atoms with van der Waals surface area (Å²) >= 11 is 6.08. The zero-order chi connectivity index (χ0) is 13.8. The fourth-order valence-corrected chi connectivity index (χ4v) is 2.79. The molecule has 1 aliphatic rings. The van der Waals surface area contributed by atoms with Gasteiger partial charge in [0.15, 0.2) is 0 Å². The van der Waals surface area contributed by atoms with Gasteiger partial charge in [-0.2, -0.15) is 0 Å². The molecule has 0 aliphatic carbocycles. The predicted octanol–water partition coefficient (Wildman–Crippen LogP) is 2.90. The minimum Gasteiger partial charge on any atom is -0.493 e. The van der Waals surface area contributed by atoms with Crippen molar-refractivity contribution in [3.63, 3.8) is 0 Å². The SMILES string of the molecule is CCCC(N)CC(=O)Cc1cc(Cl)cc2c1OCC2. The second-order valence-corrected chi connectivity index (χ2v) is 5.56. The number of Topliss-reactive ketones (excluding diaryl/α,β-unsaturated/α-hetero) is 1. The molecule has 104 valence electrons. The Bertz CT molecular complexity index is 473. The number of hydrogen-bond donors (Lipinski definition) is 1. The highest BCUT2D eigenvalue weighted by Crippen LogP contribution is 2.33. The molecule has 0 aromatic heterocycles. The summed E-state index contributed by atoms with van der Waals surface area (Å²) in [5.41, 5.74) is 7.91. The molecular weight excluding hydrogens is 262 g/mol. The van der Waals surface area contributed by atoms with E-state index >= 15 is 0 Å². The smallest absolute Gasteiger partial charge is 0.138 e. The fourth-order valence-electron chi connectivity index (χ4n) is 2.53. The van der Waals surface area contributed by atoms with Crippen molar-refractivity contribution in [2.45, 2.75) is 45.1 Å². The molecule has 1 atom stereocenters. The van der Waals surface area contributed by atoms with Crippen LogP contribution in [-0.4, -0.2) is 18.4 Å². The maximum absolute atomic E-state index is 12.0. The normalized spacial score (nSPS) is 14.9. The van der Waals surface area contributed by atoms with Crippen molar-refractivity contribution in [2.24, 2.45) is 5.73 Å². The third kappa shape index (κ3) is 3.71. The zero-order valence-electron chi connectivity index (χ0n) is 11.2. The molecule has 0 saturated carbocycles. The number of hydrogen-bond acceptors (Lipinski definition) is 3. The standard InChI is InChI=1S/C15H20ClNO2/c1-2-3-13(17)9-14(18)8-11-7-12(16)6-10-4-5-19-15(10)11/h6-7,13H,2-5,8-9,17H2,1H3. The first kappa shape index (κ1) is 14.4. The fraction of sp³-hybridized carbons (Fsp3) is 0.533. The van der Waals surface area contributed by atoms with Gasteiger partial charge in [0, 0.05) is 35.9 Å². The molecule has 1 aliphatic heterocycles. The number of nitrogens with two attached hydrogens (primary N) is 1.